The second kappa shape index (κ2) is 4.36. The highest BCUT2D eigenvalue weighted by molar-refractivity contribution is 6.30. The lowest BCUT2D eigenvalue weighted by atomic mass is 10.3. The summed E-state index contributed by atoms with van der Waals surface area (Å²) in [5, 5.41) is 10.4. The van der Waals surface area contributed by atoms with E-state index in [9.17, 15) is 4.39 Å². The number of hydrogen-bond donors (Lipinski definition) is 3. The zero-order valence-corrected chi connectivity index (χ0v) is 10.2. The monoisotopic (exact) mass is 278 g/mol. The fraction of sp³-hybridized carbons (Fsp3) is 0. The summed E-state index contributed by atoms with van der Waals surface area (Å²) < 4.78 is 13.3. The number of hydrogen-bond acceptors (Lipinski definition) is 5. The molecule has 0 amide bonds. The molecule has 1 aromatic carbocycles. The van der Waals surface area contributed by atoms with Crippen LogP contribution in [0, 0.1) is 5.82 Å². The summed E-state index contributed by atoms with van der Waals surface area (Å²) in [6.07, 6.45) is 1.55. The molecule has 19 heavy (non-hydrogen) atoms. The third-order valence-corrected chi connectivity index (χ3v) is 2.67. The number of H-pyrrole nitrogens is 1. The summed E-state index contributed by atoms with van der Waals surface area (Å²) in [6.45, 7) is 0. The normalized spacial score (nSPS) is 10.8. The Bertz CT molecular complexity index is 736. The minimum Gasteiger partial charge on any atom is -0.368 e. The predicted molar refractivity (Wildman–Crippen MR) is 70.8 cm³/mol. The molecule has 0 radical (unpaired) electrons. The number of halogens is 2. The standard InChI is InChI=1S/C11H8ClFN6/c12-5-1-6(13)3-7(2-5)16-9-8-4-15-19-10(8)18-11(14)17-9/h1-4H,(H4,14,15,16,17,18,19). The largest absolute Gasteiger partial charge is 0.368 e. The summed E-state index contributed by atoms with van der Waals surface area (Å²) in [4.78, 5) is 8.04. The number of nitrogens with two attached hydrogens (primary N) is 1. The molecular formula is C11H8ClFN6. The van der Waals surface area contributed by atoms with E-state index < -0.39 is 5.82 Å². The van der Waals surface area contributed by atoms with Gasteiger partial charge in [0.15, 0.2) is 5.65 Å². The van der Waals surface area contributed by atoms with Gasteiger partial charge in [0, 0.05) is 10.7 Å². The van der Waals surface area contributed by atoms with Crippen LogP contribution in [0.25, 0.3) is 11.0 Å². The lowest BCUT2D eigenvalue weighted by Crippen LogP contribution is -2.01. The molecule has 0 saturated heterocycles. The molecule has 0 saturated carbocycles. The summed E-state index contributed by atoms with van der Waals surface area (Å²) in [5.74, 6) is 0.0696. The van der Waals surface area contributed by atoms with Crippen molar-refractivity contribution in [3.05, 3.63) is 35.2 Å². The summed E-state index contributed by atoms with van der Waals surface area (Å²) >= 11 is 5.79. The van der Waals surface area contributed by atoms with Gasteiger partial charge in [-0.3, -0.25) is 5.10 Å². The van der Waals surface area contributed by atoms with E-state index in [0.29, 0.717) is 22.5 Å². The lowest BCUT2D eigenvalue weighted by Gasteiger charge is -2.07. The van der Waals surface area contributed by atoms with Crippen LogP contribution < -0.4 is 11.1 Å². The van der Waals surface area contributed by atoms with Gasteiger partial charge >= 0.3 is 0 Å². The first-order valence-corrected chi connectivity index (χ1v) is 5.69. The molecule has 2 heterocycles. The van der Waals surface area contributed by atoms with Crippen LogP contribution in [-0.2, 0) is 0 Å². The smallest absolute Gasteiger partial charge is 0.224 e. The third kappa shape index (κ3) is 2.27. The third-order valence-electron chi connectivity index (χ3n) is 2.45. The molecule has 6 nitrogen and oxygen atoms in total. The van der Waals surface area contributed by atoms with E-state index in [1.54, 1.807) is 12.3 Å². The van der Waals surface area contributed by atoms with Crippen molar-refractivity contribution in [2.45, 2.75) is 0 Å². The van der Waals surface area contributed by atoms with Crippen molar-refractivity contribution in [2.75, 3.05) is 11.1 Å². The van der Waals surface area contributed by atoms with E-state index in [1.165, 1.54) is 12.1 Å². The van der Waals surface area contributed by atoms with Crippen molar-refractivity contribution < 1.29 is 4.39 Å². The molecule has 4 N–H and O–H groups in total. The summed E-state index contributed by atoms with van der Waals surface area (Å²) in [5.41, 5.74) is 6.55. The van der Waals surface area contributed by atoms with Crippen molar-refractivity contribution >= 4 is 40.1 Å². The summed E-state index contributed by atoms with van der Waals surface area (Å²) in [6, 6.07) is 4.10. The number of nitrogens with one attached hydrogen (secondary N) is 2. The fourth-order valence-corrected chi connectivity index (χ4v) is 1.93. The van der Waals surface area contributed by atoms with Crippen molar-refractivity contribution in [2.24, 2.45) is 0 Å². The van der Waals surface area contributed by atoms with Crippen LogP contribution >= 0.6 is 11.6 Å². The van der Waals surface area contributed by atoms with E-state index >= 15 is 0 Å². The number of aromatic amines is 1. The molecule has 0 fully saturated rings. The van der Waals surface area contributed by atoms with Crippen LogP contribution in [0.5, 0.6) is 0 Å². The van der Waals surface area contributed by atoms with Gasteiger partial charge in [0.2, 0.25) is 5.95 Å². The summed E-state index contributed by atoms with van der Waals surface area (Å²) in [7, 11) is 0. The van der Waals surface area contributed by atoms with E-state index in [-0.39, 0.29) is 11.0 Å². The Morgan fingerprint density at radius 2 is 2.11 bits per heavy atom. The molecule has 0 aliphatic rings. The number of benzene rings is 1. The topological polar surface area (TPSA) is 92.5 Å². The Kier molecular flexibility index (Phi) is 2.68. The SMILES string of the molecule is Nc1nc(Nc2cc(F)cc(Cl)c2)c2cn[nH]c2n1. The molecule has 3 rings (SSSR count). The van der Waals surface area contributed by atoms with Crippen molar-refractivity contribution in [3.63, 3.8) is 0 Å². The Morgan fingerprint density at radius 1 is 1.26 bits per heavy atom. The van der Waals surface area contributed by atoms with Crippen molar-refractivity contribution in [1.82, 2.24) is 20.2 Å². The van der Waals surface area contributed by atoms with Crippen LogP contribution in [0.3, 0.4) is 0 Å². The van der Waals surface area contributed by atoms with E-state index in [4.69, 9.17) is 17.3 Å². The van der Waals surface area contributed by atoms with Crippen LogP contribution in [0.15, 0.2) is 24.4 Å². The molecule has 0 aliphatic carbocycles. The Balaban J connectivity index is 2.07. The maximum atomic E-state index is 13.3. The minimum absolute atomic E-state index is 0.0850. The Hall–Kier alpha value is -2.41. The Morgan fingerprint density at radius 3 is 2.89 bits per heavy atom. The highest BCUT2D eigenvalue weighted by atomic mass is 35.5. The lowest BCUT2D eigenvalue weighted by molar-refractivity contribution is 0.628. The number of fused-ring (bicyclic) bond motifs is 1. The second-order valence-corrected chi connectivity index (χ2v) is 4.28. The molecule has 0 aliphatic heterocycles. The average Bonchev–Trinajstić information content (AvgIpc) is 2.75. The molecule has 2 aromatic heterocycles. The van der Waals surface area contributed by atoms with Gasteiger partial charge < -0.3 is 11.1 Å². The van der Waals surface area contributed by atoms with Gasteiger partial charge in [0.1, 0.15) is 11.6 Å². The van der Waals surface area contributed by atoms with E-state index in [2.05, 4.69) is 25.5 Å². The van der Waals surface area contributed by atoms with E-state index in [1.807, 2.05) is 0 Å². The van der Waals surface area contributed by atoms with Crippen LogP contribution in [0.1, 0.15) is 0 Å². The molecule has 3 aromatic rings. The number of rotatable bonds is 2. The maximum Gasteiger partial charge on any atom is 0.224 e. The van der Waals surface area contributed by atoms with Gasteiger partial charge in [-0.25, -0.2) is 4.39 Å². The molecule has 8 heteroatoms. The average molecular weight is 279 g/mol. The molecule has 0 atom stereocenters. The molecule has 0 unspecified atom stereocenters. The maximum absolute atomic E-state index is 13.3. The highest BCUT2D eigenvalue weighted by Crippen LogP contribution is 2.25. The zero-order chi connectivity index (χ0) is 13.4. The molecule has 96 valence electrons. The van der Waals surface area contributed by atoms with Crippen LogP contribution in [0.2, 0.25) is 5.02 Å². The van der Waals surface area contributed by atoms with E-state index in [0.717, 1.165) is 0 Å². The zero-order valence-electron chi connectivity index (χ0n) is 9.48. The van der Waals surface area contributed by atoms with Gasteiger partial charge in [-0.05, 0) is 18.2 Å². The fourth-order valence-electron chi connectivity index (χ4n) is 1.71. The van der Waals surface area contributed by atoms with Gasteiger partial charge in [-0.1, -0.05) is 11.6 Å². The van der Waals surface area contributed by atoms with Crippen LogP contribution in [0.4, 0.5) is 21.8 Å². The van der Waals surface area contributed by atoms with Crippen molar-refractivity contribution in [3.8, 4) is 0 Å². The van der Waals surface area contributed by atoms with Gasteiger partial charge in [0.25, 0.3) is 0 Å². The van der Waals surface area contributed by atoms with Gasteiger partial charge in [0.05, 0.1) is 11.6 Å². The predicted octanol–water partition coefficient (Wildman–Crippen LogP) is 2.47. The van der Waals surface area contributed by atoms with Gasteiger partial charge in [-0.15, -0.1) is 0 Å². The Labute approximate surface area is 111 Å². The molecule has 0 spiro atoms. The first-order chi connectivity index (χ1) is 9.11. The second-order valence-electron chi connectivity index (χ2n) is 3.85. The number of anilines is 3. The quantitative estimate of drug-likeness (QED) is 0.670. The number of nitrogen functional groups attached to an aromatic ring is 1. The first-order valence-electron chi connectivity index (χ1n) is 5.31. The highest BCUT2D eigenvalue weighted by Gasteiger charge is 2.09. The minimum atomic E-state index is -0.444. The number of nitrogens with zero attached hydrogens (tertiary/aromatic N) is 3. The van der Waals surface area contributed by atoms with Gasteiger partial charge in [-0.2, -0.15) is 15.1 Å². The van der Waals surface area contributed by atoms with Crippen LogP contribution in [-0.4, -0.2) is 20.2 Å². The first kappa shape index (κ1) is 11.7. The molecule has 0 bridgehead atoms. The van der Waals surface area contributed by atoms with Crippen molar-refractivity contribution in [1.29, 1.82) is 0 Å². The molecular weight excluding hydrogens is 271 g/mol. The number of aromatic nitrogens is 4.